The lowest BCUT2D eigenvalue weighted by Gasteiger charge is -2.03. The second kappa shape index (κ2) is 6.54. The molecular formula is C13H15ClN2O3. The van der Waals surface area contributed by atoms with E-state index in [1.54, 1.807) is 24.3 Å². The van der Waals surface area contributed by atoms with Gasteiger partial charge in [0.2, 0.25) is 0 Å². The quantitative estimate of drug-likeness (QED) is 0.881. The van der Waals surface area contributed by atoms with Crippen LogP contribution in [0.1, 0.15) is 37.6 Å². The lowest BCUT2D eigenvalue weighted by atomic mass is 10.2. The summed E-state index contributed by atoms with van der Waals surface area (Å²) in [6.45, 7) is 2.12. The molecule has 19 heavy (non-hydrogen) atoms. The Morgan fingerprint density at radius 2 is 2.32 bits per heavy atom. The third-order valence-corrected chi connectivity index (χ3v) is 2.74. The van der Waals surface area contributed by atoms with E-state index >= 15 is 0 Å². The zero-order valence-electron chi connectivity index (χ0n) is 10.5. The number of rotatable bonds is 6. The van der Waals surface area contributed by atoms with Crippen molar-refractivity contribution in [2.75, 3.05) is 0 Å². The van der Waals surface area contributed by atoms with Crippen molar-refractivity contribution in [2.45, 2.75) is 32.5 Å². The van der Waals surface area contributed by atoms with Crippen molar-refractivity contribution in [1.82, 2.24) is 10.1 Å². The van der Waals surface area contributed by atoms with Crippen LogP contribution in [0.3, 0.4) is 0 Å². The average molecular weight is 283 g/mol. The average Bonchev–Trinajstić information content (AvgIpc) is 2.86. The number of nitrogens with zero attached hydrogens (tertiary/aromatic N) is 2. The summed E-state index contributed by atoms with van der Waals surface area (Å²) in [5.74, 6) is 1.25. The fraction of sp³-hybridized carbons (Fsp3) is 0.385. The van der Waals surface area contributed by atoms with Gasteiger partial charge in [-0.1, -0.05) is 36.2 Å². The van der Waals surface area contributed by atoms with Crippen molar-refractivity contribution in [1.29, 1.82) is 0 Å². The first kappa shape index (κ1) is 13.8. The fourth-order valence-corrected chi connectivity index (χ4v) is 1.75. The van der Waals surface area contributed by atoms with Crippen molar-refractivity contribution in [2.24, 2.45) is 0 Å². The Morgan fingerprint density at radius 3 is 3.05 bits per heavy atom. The summed E-state index contributed by atoms with van der Waals surface area (Å²) in [4.78, 5) is 4.08. The van der Waals surface area contributed by atoms with E-state index in [9.17, 15) is 5.11 Å². The van der Waals surface area contributed by atoms with Gasteiger partial charge in [-0.3, -0.25) is 0 Å². The van der Waals surface area contributed by atoms with Gasteiger partial charge in [0.25, 0.3) is 5.89 Å². The van der Waals surface area contributed by atoms with Gasteiger partial charge in [-0.15, -0.1) is 0 Å². The Hall–Kier alpha value is -1.59. The molecule has 0 saturated carbocycles. The molecule has 1 unspecified atom stereocenters. The molecular weight excluding hydrogens is 268 g/mol. The van der Waals surface area contributed by atoms with Crippen LogP contribution in [-0.4, -0.2) is 15.2 Å². The first-order valence-electron chi connectivity index (χ1n) is 6.08. The second-order valence-corrected chi connectivity index (χ2v) is 4.53. The van der Waals surface area contributed by atoms with Crippen LogP contribution in [0.5, 0.6) is 5.75 Å². The summed E-state index contributed by atoms with van der Waals surface area (Å²) in [5, 5.41) is 14.0. The zero-order chi connectivity index (χ0) is 13.7. The Labute approximate surface area is 116 Å². The van der Waals surface area contributed by atoms with Gasteiger partial charge in [0.1, 0.15) is 11.9 Å². The van der Waals surface area contributed by atoms with Crippen LogP contribution in [0.4, 0.5) is 0 Å². The maximum atomic E-state index is 9.71. The summed E-state index contributed by atoms with van der Waals surface area (Å²) in [6.07, 6.45) is 0.770. The molecule has 2 rings (SSSR count). The summed E-state index contributed by atoms with van der Waals surface area (Å²) in [6, 6.07) is 7.04. The molecule has 0 radical (unpaired) electrons. The van der Waals surface area contributed by atoms with Gasteiger partial charge in [-0.25, -0.2) is 0 Å². The lowest BCUT2D eigenvalue weighted by molar-refractivity contribution is 0.152. The number of benzene rings is 1. The van der Waals surface area contributed by atoms with E-state index in [-0.39, 0.29) is 6.61 Å². The van der Waals surface area contributed by atoms with Crippen LogP contribution in [-0.2, 0) is 6.61 Å². The van der Waals surface area contributed by atoms with Crippen molar-refractivity contribution >= 4 is 11.6 Å². The van der Waals surface area contributed by atoms with E-state index in [0.717, 1.165) is 6.42 Å². The lowest BCUT2D eigenvalue weighted by Crippen LogP contribution is -2.00. The second-order valence-electron chi connectivity index (χ2n) is 4.10. The maximum Gasteiger partial charge on any atom is 0.264 e. The Morgan fingerprint density at radius 1 is 1.47 bits per heavy atom. The van der Waals surface area contributed by atoms with Crippen LogP contribution < -0.4 is 4.74 Å². The van der Waals surface area contributed by atoms with Gasteiger partial charge in [-0.2, -0.15) is 4.98 Å². The van der Waals surface area contributed by atoms with E-state index in [4.69, 9.17) is 20.9 Å². The van der Waals surface area contributed by atoms with Crippen molar-refractivity contribution in [3.8, 4) is 5.75 Å². The molecule has 0 saturated heterocycles. The SMILES string of the molecule is CCCC(O)c1noc(COc2cccc(Cl)c2)n1. The Kier molecular flexibility index (Phi) is 4.76. The van der Waals surface area contributed by atoms with Gasteiger partial charge < -0.3 is 14.4 Å². The molecule has 0 amide bonds. The van der Waals surface area contributed by atoms with Gasteiger partial charge in [0.15, 0.2) is 12.4 Å². The van der Waals surface area contributed by atoms with Crippen molar-refractivity contribution in [3.05, 3.63) is 41.0 Å². The van der Waals surface area contributed by atoms with Crippen LogP contribution in [0.25, 0.3) is 0 Å². The molecule has 0 aliphatic heterocycles. The molecule has 6 heteroatoms. The number of aliphatic hydroxyl groups is 1. The highest BCUT2D eigenvalue weighted by atomic mass is 35.5. The molecule has 102 valence electrons. The number of hydrogen-bond acceptors (Lipinski definition) is 5. The number of hydrogen-bond donors (Lipinski definition) is 1. The molecule has 1 aromatic carbocycles. The summed E-state index contributed by atoms with van der Waals surface area (Å²) < 4.78 is 10.5. The fourth-order valence-electron chi connectivity index (χ4n) is 1.57. The Bertz CT molecular complexity index is 530. The van der Waals surface area contributed by atoms with E-state index in [1.807, 2.05) is 6.92 Å². The van der Waals surface area contributed by atoms with E-state index in [0.29, 0.717) is 28.9 Å². The van der Waals surface area contributed by atoms with Gasteiger partial charge in [0.05, 0.1) is 0 Å². The zero-order valence-corrected chi connectivity index (χ0v) is 11.3. The summed E-state index contributed by atoms with van der Waals surface area (Å²) in [7, 11) is 0. The minimum atomic E-state index is -0.686. The third kappa shape index (κ3) is 3.94. The van der Waals surface area contributed by atoms with Crippen LogP contribution in [0, 0.1) is 0 Å². The monoisotopic (exact) mass is 282 g/mol. The van der Waals surface area contributed by atoms with Crippen molar-refractivity contribution in [3.63, 3.8) is 0 Å². The molecule has 0 bridgehead atoms. The highest BCUT2D eigenvalue weighted by molar-refractivity contribution is 6.30. The topological polar surface area (TPSA) is 68.4 Å². The molecule has 1 N–H and O–H groups in total. The molecule has 2 aromatic rings. The van der Waals surface area contributed by atoms with Gasteiger partial charge >= 0.3 is 0 Å². The minimum Gasteiger partial charge on any atom is -0.484 e. The third-order valence-electron chi connectivity index (χ3n) is 2.50. The first-order chi connectivity index (χ1) is 9.19. The standard InChI is InChI=1S/C13H15ClN2O3/c1-2-4-11(17)13-15-12(19-16-13)8-18-10-6-3-5-9(14)7-10/h3,5-7,11,17H,2,4,8H2,1H3. The number of ether oxygens (including phenoxy) is 1. The molecule has 0 spiro atoms. The van der Waals surface area contributed by atoms with Gasteiger partial charge in [-0.05, 0) is 24.6 Å². The predicted molar refractivity (Wildman–Crippen MR) is 69.9 cm³/mol. The van der Waals surface area contributed by atoms with E-state index < -0.39 is 6.10 Å². The summed E-state index contributed by atoms with van der Waals surface area (Å²) in [5.41, 5.74) is 0. The summed E-state index contributed by atoms with van der Waals surface area (Å²) >= 11 is 5.84. The Balaban J connectivity index is 1.93. The predicted octanol–water partition coefficient (Wildman–Crippen LogP) is 3.14. The molecule has 0 aliphatic carbocycles. The molecule has 5 nitrogen and oxygen atoms in total. The van der Waals surface area contributed by atoms with Crippen LogP contribution in [0.2, 0.25) is 5.02 Å². The van der Waals surface area contributed by atoms with Crippen LogP contribution >= 0.6 is 11.6 Å². The normalized spacial score (nSPS) is 12.4. The van der Waals surface area contributed by atoms with E-state index in [1.165, 1.54) is 0 Å². The first-order valence-corrected chi connectivity index (χ1v) is 6.45. The number of halogens is 1. The highest BCUT2D eigenvalue weighted by Gasteiger charge is 2.14. The highest BCUT2D eigenvalue weighted by Crippen LogP contribution is 2.19. The van der Waals surface area contributed by atoms with Crippen LogP contribution in [0.15, 0.2) is 28.8 Å². The molecule has 1 aromatic heterocycles. The van der Waals surface area contributed by atoms with E-state index in [2.05, 4.69) is 10.1 Å². The van der Waals surface area contributed by atoms with Gasteiger partial charge in [0, 0.05) is 5.02 Å². The molecule has 1 heterocycles. The number of aliphatic hydroxyl groups excluding tert-OH is 1. The maximum absolute atomic E-state index is 9.71. The molecule has 0 fully saturated rings. The smallest absolute Gasteiger partial charge is 0.264 e. The molecule has 1 atom stereocenters. The number of aromatic nitrogens is 2. The van der Waals surface area contributed by atoms with Crippen molar-refractivity contribution < 1.29 is 14.4 Å². The molecule has 0 aliphatic rings. The minimum absolute atomic E-state index is 0.145. The largest absolute Gasteiger partial charge is 0.484 e.